The van der Waals surface area contributed by atoms with Gasteiger partial charge in [-0.3, -0.25) is 9.59 Å². The molecule has 0 aliphatic carbocycles. The second kappa shape index (κ2) is 5.74. The smallest absolute Gasteiger partial charge is 0.329 e. The Kier molecular flexibility index (Phi) is 4.92. The Hall–Kier alpha value is -0.0551. The van der Waals surface area contributed by atoms with Gasteiger partial charge < -0.3 is 10.5 Å². The number of amides is 2. The van der Waals surface area contributed by atoms with Crippen LogP contribution in [0.4, 0.5) is 0 Å². The highest BCUT2D eigenvalue weighted by atomic mass is 32.7. The van der Waals surface area contributed by atoms with Crippen LogP contribution in [0.25, 0.3) is 0 Å². The lowest BCUT2D eigenvalue weighted by Gasteiger charge is -2.10. The number of rotatable bonds is 5. The second-order valence-corrected chi connectivity index (χ2v) is 6.21. The van der Waals surface area contributed by atoms with Crippen molar-refractivity contribution in [1.29, 1.82) is 0 Å². The van der Waals surface area contributed by atoms with Crippen molar-refractivity contribution in [2.75, 3.05) is 6.16 Å². The van der Waals surface area contributed by atoms with Crippen LogP contribution in [-0.2, 0) is 9.59 Å². The third kappa shape index (κ3) is 2.72. The molecule has 2 atom stereocenters. The van der Waals surface area contributed by atoms with E-state index in [1.54, 1.807) is 11.4 Å². The number of hydrogen-bond acceptors (Lipinski definition) is 4. The molecule has 1 saturated heterocycles. The van der Waals surface area contributed by atoms with Crippen LogP contribution in [0.15, 0.2) is 0 Å². The second-order valence-electron chi connectivity index (χ2n) is 3.05. The molecular weight excluding hydrogens is 218 g/mol. The Morgan fingerprint density at radius 2 is 2.43 bits per heavy atom. The minimum atomic E-state index is -0.170. The molecule has 1 fully saturated rings. The highest BCUT2D eigenvalue weighted by molar-refractivity contribution is 8.50. The molecule has 2 N–H and O–H groups in total. The molecule has 0 aromatic rings. The molecule has 0 radical (unpaired) electrons. The van der Waals surface area contributed by atoms with E-state index in [9.17, 15) is 9.59 Å². The summed E-state index contributed by atoms with van der Waals surface area (Å²) in [5.74, 6) is -0.234. The van der Waals surface area contributed by atoms with Crippen molar-refractivity contribution in [2.24, 2.45) is 5.64 Å². The predicted molar refractivity (Wildman–Crippen MR) is 62.7 cm³/mol. The number of carbonyl (C=O) groups is 2. The van der Waals surface area contributed by atoms with Crippen LogP contribution in [0.2, 0.25) is 0 Å². The van der Waals surface area contributed by atoms with Crippen LogP contribution in [0, 0.1) is 0 Å². The highest BCUT2D eigenvalue weighted by Gasteiger charge is 2.37. The van der Waals surface area contributed by atoms with Crippen LogP contribution in [0.1, 0.15) is 19.8 Å². The Labute approximate surface area is 90.2 Å². The molecule has 0 saturated carbocycles. The van der Waals surface area contributed by atoms with Gasteiger partial charge in [0.15, 0.2) is 0 Å². The molecule has 14 heavy (non-hydrogen) atoms. The standard InChI is InChI=1S/C7H14BN2O2PS/c1-2-3-13-14-5-4-6(11)10(8-9)7(5)12/h5,8,13H,2-4,9H2,1H3. The summed E-state index contributed by atoms with van der Waals surface area (Å²) in [6, 6.07) is 0. The molecule has 2 amide bonds. The first kappa shape index (κ1) is 12.0. The fourth-order valence-corrected chi connectivity index (χ4v) is 4.30. The van der Waals surface area contributed by atoms with Gasteiger partial charge in [-0.25, -0.2) is 0 Å². The van der Waals surface area contributed by atoms with E-state index in [0.717, 1.165) is 17.4 Å². The molecule has 1 aliphatic heterocycles. The minimum Gasteiger partial charge on any atom is -0.353 e. The lowest BCUT2D eigenvalue weighted by molar-refractivity contribution is -0.132. The molecule has 1 rings (SSSR count). The molecule has 78 valence electrons. The van der Waals surface area contributed by atoms with Crippen LogP contribution >= 0.6 is 19.2 Å². The van der Waals surface area contributed by atoms with Crippen molar-refractivity contribution >= 4 is 38.5 Å². The third-order valence-corrected chi connectivity index (χ3v) is 5.45. The van der Waals surface area contributed by atoms with E-state index in [1.165, 1.54) is 0 Å². The molecule has 0 spiro atoms. The van der Waals surface area contributed by atoms with Crippen molar-refractivity contribution in [1.82, 2.24) is 4.81 Å². The molecule has 0 aromatic heterocycles. The highest BCUT2D eigenvalue weighted by Crippen LogP contribution is 2.38. The lowest BCUT2D eigenvalue weighted by Crippen LogP contribution is -2.39. The zero-order valence-corrected chi connectivity index (χ0v) is 9.97. The number of nitrogens with two attached hydrogens (primary N) is 1. The number of hydrogen-bond donors (Lipinski definition) is 1. The van der Waals surface area contributed by atoms with Crippen molar-refractivity contribution in [2.45, 2.75) is 25.0 Å². The van der Waals surface area contributed by atoms with E-state index >= 15 is 0 Å². The summed E-state index contributed by atoms with van der Waals surface area (Å²) in [6.45, 7) is 2.11. The van der Waals surface area contributed by atoms with Gasteiger partial charge in [0.25, 0.3) is 0 Å². The van der Waals surface area contributed by atoms with E-state index in [2.05, 4.69) is 6.92 Å². The predicted octanol–water partition coefficient (Wildman–Crippen LogP) is 0.0758. The Morgan fingerprint density at radius 1 is 1.71 bits per heavy atom. The van der Waals surface area contributed by atoms with E-state index in [4.69, 9.17) is 5.64 Å². The van der Waals surface area contributed by atoms with Crippen molar-refractivity contribution in [3.63, 3.8) is 0 Å². The van der Waals surface area contributed by atoms with Gasteiger partial charge in [0.05, 0.1) is 5.25 Å². The van der Waals surface area contributed by atoms with Gasteiger partial charge in [-0.1, -0.05) is 21.1 Å². The summed E-state index contributed by atoms with van der Waals surface area (Å²) in [6.07, 6.45) is 2.57. The van der Waals surface area contributed by atoms with Crippen LogP contribution in [0.3, 0.4) is 0 Å². The van der Waals surface area contributed by atoms with Crippen LogP contribution < -0.4 is 5.64 Å². The largest absolute Gasteiger partial charge is 0.353 e. The number of carbonyl (C=O) groups excluding carboxylic acids is 2. The maximum Gasteiger partial charge on any atom is 0.329 e. The van der Waals surface area contributed by atoms with Crippen LogP contribution in [-0.4, -0.2) is 35.6 Å². The molecular formula is C7H14BN2O2PS. The first-order chi connectivity index (χ1) is 6.70. The van der Waals surface area contributed by atoms with Crippen molar-refractivity contribution in [3.05, 3.63) is 0 Å². The monoisotopic (exact) mass is 232 g/mol. The van der Waals surface area contributed by atoms with E-state index in [0.29, 0.717) is 14.2 Å². The molecule has 0 aromatic carbocycles. The topological polar surface area (TPSA) is 63.4 Å². The van der Waals surface area contributed by atoms with Gasteiger partial charge in [0.1, 0.15) is 0 Å². The number of nitrogens with zero attached hydrogens (tertiary/aromatic N) is 1. The average Bonchev–Trinajstić information content (AvgIpc) is 2.42. The summed E-state index contributed by atoms with van der Waals surface area (Å²) in [5.41, 5.74) is 5.31. The maximum atomic E-state index is 11.5. The summed E-state index contributed by atoms with van der Waals surface area (Å²) in [7, 11) is 0.729. The fourth-order valence-electron chi connectivity index (χ4n) is 1.20. The fraction of sp³-hybridized carbons (Fsp3) is 0.714. The lowest BCUT2D eigenvalue weighted by atomic mass is 10.1. The van der Waals surface area contributed by atoms with E-state index in [-0.39, 0.29) is 24.6 Å². The minimum absolute atomic E-state index is 0.0195. The third-order valence-electron chi connectivity index (χ3n) is 1.96. The Bertz CT molecular complexity index is 242. The van der Waals surface area contributed by atoms with Crippen molar-refractivity contribution < 1.29 is 9.59 Å². The molecule has 1 heterocycles. The normalized spacial score (nSPS) is 22.7. The van der Waals surface area contributed by atoms with Gasteiger partial charge in [0, 0.05) is 6.42 Å². The van der Waals surface area contributed by atoms with E-state index in [1.807, 2.05) is 0 Å². The summed E-state index contributed by atoms with van der Waals surface area (Å²) in [4.78, 5) is 24.0. The molecule has 7 heteroatoms. The first-order valence-corrected chi connectivity index (χ1v) is 7.44. The molecule has 2 unspecified atom stereocenters. The molecule has 0 bridgehead atoms. The van der Waals surface area contributed by atoms with Gasteiger partial charge >= 0.3 is 7.55 Å². The van der Waals surface area contributed by atoms with Gasteiger partial charge in [-0.2, -0.15) is 0 Å². The van der Waals surface area contributed by atoms with E-state index < -0.39 is 0 Å². The van der Waals surface area contributed by atoms with Gasteiger partial charge in [0.2, 0.25) is 11.8 Å². The van der Waals surface area contributed by atoms with Gasteiger partial charge in [-0.15, -0.1) is 11.4 Å². The zero-order valence-electron chi connectivity index (χ0n) is 8.16. The summed E-state index contributed by atoms with van der Waals surface area (Å²) in [5, 5.41) is -0.170. The number of imide groups is 1. The van der Waals surface area contributed by atoms with Crippen molar-refractivity contribution in [3.8, 4) is 0 Å². The molecule has 1 aliphatic rings. The zero-order chi connectivity index (χ0) is 10.6. The average molecular weight is 232 g/mol. The SMILES string of the molecule is CCCPSC1CC(=O)N(BN)C1=O. The Morgan fingerprint density at radius 3 is 2.93 bits per heavy atom. The van der Waals surface area contributed by atoms with Crippen LogP contribution in [0.5, 0.6) is 0 Å². The first-order valence-electron chi connectivity index (χ1n) is 4.63. The summed E-state index contributed by atoms with van der Waals surface area (Å²) >= 11 is 1.60. The Balaban J connectivity index is 2.41. The maximum absolute atomic E-state index is 11.5. The molecule has 4 nitrogen and oxygen atoms in total. The summed E-state index contributed by atoms with van der Waals surface area (Å²) < 4.78 is 0. The quantitative estimate of drug-likeness (QED) is 0.315. The van der Waals surface area contributed by atoms with Gasteiger partial charge in [-0.05, 0) is 6.16 Å².